The standard InChI is InChI=1S/C19H18N4O3S/c1-12(15-6-7-16-17(8-15)26-11-25-16)22-18(24)14-4-2-13(3-5-14)9-27-19-20-10-21-23-19/h2-8,10,12H,9,11H2,1H3,(H,22,24)(H,20,21,23). The summed E-state index contributed by atoms with van der Waals surface area (Å²) in [5.41, 5.74) is 2.69. The van der Waals surface area contributed by atoms with Crippen molar-refractivity contribution in [3.8, 4) is 11.5 Å². The third-order valence-electron chi connectivity index (χ3n) is 4.23. The molecular weight excluding hydrogens is 364 g/mol. The van der Waals surface area contributed by atoms with Crippen molar-refractivity contribution in [3.05, 3.63) is 65.5 Å². The van der Waals surface area contributed by atoms with Crippen molar-refractivity contribution < 1.29 is 14.3 Å². The van der Waals surface area contributed by atoms with Gasteiger partial charge in [-0.15, -0.1) is 0 Å². The lowest BCUT2D eigenvalue weighted by atomic mass is 10.1. The van der Waals surface area contributed by atoms with Crippen LogP contribution in [0.5, 0.6) is 11.5 Å². The molecule has 27 heavy (non-hydrogen) atoms. The molecule has 0 bridgehead atoms. The molecular formula is C19H18N4O3S. The average molecular weight is 382 g/mol. The lowest BCUT2D eigenvalue weighted by molar-refractivity contribution is 0.0939. The third kappa shape index (κ3) is 4.06. The Morgan fingerprint density at radius 2 is 2.04 bits per heavy atom. The number of carbonyl (C=O) groups excluding carboxylic acids is 1. The number of rotatable bonds is 6. The molecule has 1 aromatic heterocycles. The van der Waals surface area contributed by atoms with E-state index in [9.17, 15) is 4.79 Å². The van der Waals surface area contributed by atoms with E-state index in [1.807, 2.05) is 49.4 Å². The van der Waals surface area contributed by atoms with Gasteiger partial charge in [-0.1, -0.05) is 30.0 Å². The molecule has 4 rings (SSSR count). The second kappa shape index (κ2) is 7.71. The van der Waals surface area contributed by atoms with Crippen molar-refractivity contribution in [1.82, 2.24) is 20.5 Å². The van der Waals surface area contributed by atoms with Crippen molar-refractivity contribution in [1.29, 1.82) is 0 Å². The van der Waals surface area contributed by atoms with E-state index in [0.717, 1.165) is 27.8 Å². The third-order valence-corrected chi connectivity index (χ3v) is 5.18. The molecule has 2 aromatic carbocycles. The summed E-state index contributed by atoms with van der Waals surface area (Å²) in [6, 6.07) is 13.1. The SMILES string of the molecule is CC(NC(=O)c1ccc(CSc2ncn[nH]2)cc1)c1ccc2c(c1)OCO2. The first kappa shape index (κ1) is 17.4. The van der Waals surface area contributed by atoms with Gasteiger partial charge in [-0.05, 0) is 42.3 Å². The predicted octanol–water partition coefficient (Wildman–Crippen LogP) is 3.32. The van der Waals surface area contributed by atoms with Crippen molar-refractivity contribution in [2.24, 2.45) is 0 Å². The summed E-state index contributed by atoms with van der Waals surface area (Å²) in [6.45, 7) is 2.18. The molecule has 0 spiro atoms. The van der Waals surface area contributed by atoms with Crippen LogP contribution in [0.4, 0.5) is 0 Å². The van der Waals surface area contributed by atoms with Crippen LogP contribution in [-0.2, 0) is 5.75 Å². The maximum absolute atomic E-state index is 12.5. The zero-order valence-electron chi connectivity index (χ0n) is 14.6. The second-order valence-electron chi connectivity index (χ2n) is 6.08. The number of ether oxygens (including phenoxy) is 2. The molecule has 138 valence electrons. The van der Waals surface area contributed by atoms with Gasteiger partial charge in [0, 0.05) is 11.3 Å². The minimum Gasteiger partial charge on any atom is -0.454 e. The van der Waals surface area contributed by atoms with Crippen molar-refractivity contribution in [2.45, 2.75) is 23.9 Å². The predicted molar refractivity (Wildman–Crippen MR) is 101 cm³/mol. The fourth-order valence-corrected chi connectivity index (χ4v) is 3.45. The van der Waals surface area contributed by atoms with Gasteiger partial charge < -0.3 is 14.8 Å². The summed E-state index contributed by atoms with van der Waals surface area (Å²) in [6.07, 6.45) is 1.48. The Morgan fingerprint density at radius 3 is 2.81 bits per heavy atom. The Hall–Kier alpha value is -3.00. The summed E-state index contributed by atoms with van der Waals surface area (Å²) in [5.74, 6) is 2.08. The van der Waals surface area contributed by atoms with Crippen LogP contribution in [0.25, 0.3) is 0 Å². The highest BCUT2D eigenvalue weighted by atomic mass is 32.2. The molecule has 1 aliphatic heterocycles. The van der Waals surface area contributed by atoms with Gasteiger partial charge in [0.2, 0.25) is 6.79 Å². The van der Waals surface area contributed by atoms with E-state index in [1.54, 1.807) is 11.8 Å². The Morgan fingerprint density at radius 1 is 1.22 bits per heavy atom. The Balaban J connectivity index is 1.36. The van der Waals surface area contributed by atoms with Gasteiger partial charge in [0.15, 0.2) is 16.7 Å². The zero-order valence-corrected chi connectivity index (χ0v) is 15.5. The van der Waals surface area contributed by atoms with Crippen LogP contribution in [0.1, 0.15) is 34.5 Å². The minimum absolute atomic E-state index is 0.116. The normalized spacial score (nSPS) is 13.4. The summed E-state index contributed by atoms with van der Waals surface area (Å²) in [7, 11) is 0. The van der Waals surface area contributed by atoms with E-state index in [2.05, 4.69) is 20.5 Å². The fraction of sp³-hybridized carbons (Fsp3) is 0.211. The van der Waals surface area contributed by atoms with Crippen molar-refractivity contribution in [2.75, 3.05) is 6.79 Å². The second-order valence-corrected chi connectivity index (χ2v) is 7.05. The number of thioether (sulfide) groups is 1. The van der Waals surface area contributed by atoms with Crippen LogP contribution in [-0.4, -0.2) is 27.9 Å². The van der Waals surface area contributed by atoms with Gasteiger partial charge in [-0.25, -0.2) is 4.98 Å². The maximum Gasteiger partial charge on any atom is 0.251 e. The minimum atomic E-state index is -0.145. The number of hydrogen-bond acceptors (Lipinski definition) is 6. The number of carbonyl (C=O) groups is 1. The highest BCUT2D eigenvalue weighted by Crippen LogP contribution is 2.34. The van der Waals surface area contributed by atoms with Gasteiger partial charge >= 0.3 is 0 Å². The molecule has 0 saturated carbocycles. The Labute approximate surface area is 160 Å². The van der Waals surface area contributed by atoms with Crippen molar-refractivity contribution >= 4 is 17.7 Å². The summed E-state index contributed by atoms with van der Waals surface area (Å²) < 4.78 is 10.7. The molecule has 0 saturated heterocycles. The summed E-state index contributed by atoms with van der Waals surface area (Å²) >= 11 is 1.56. The van der Waals surface area contributed by atoms with Gasteiger partial charge in [0.05, 0.1) is 6.04 Å². The monoisotopic (exact) mass is 382 g/mol. The molecule has 1 aliphatic rings. The quantitative estimate of drug-likeness (QED) is 0.636. The number of aromatic amines is 1. The van der Waals surface area contributed by atoms with Crippen LogP contribution in [0.15, 0.2) is 53.9 Å². The van der Waals surface area contributed by atoms with E-state index >= 15 is 0 Å². The van der Waals surface area contributed by atoms with Gasteiger partial charge in [-0.3, -0.25) is 9.89 Å². The molecule has 2 heterocycles. The molecule has 3 aromatic rings. The molecule has 0 radical (unpaired) electrons. The molecule has 2 N–H and O–H groups in total. The topological polar surface area (TPSA) is 89.1 Å². The highest BCUT2D eigenvalue weighted by molar-refractivity contribution is 7.98. The van der Waals surface area contributed by atoms with Crippen LogP contribution in [0.2, 0.25) is 0 Å². The first-order valence-electron chi connectivity index (χ1n) is 8.46. The van der Waals surface area contributed by atoms with E-state index in [1.165, 1.54) is 6.33 Å². The molecule has 7 nitrogen and oxygen atoms in total. The van der Waals surface area contributed by atoms with E-state index in [4.69, 9.17) is 9.47 Å². The largest absolute Gasteiger partial charge is 0.454 e. The first-order valence-corrected chi connectivity index (χ1v) is 9.45. The molecule has 1 unspecified atom stereocenters. The highest BCUT2D eigenvalue weighted by Gasteiger charge is 2.17. The number of amides is 1. The molecule has 8 heteroatoms. The Bertz CT molecular complexity index is 929. The number of nitrogens with one attached hydrogen (secondary N) is 2. The first-order chi connectivity index (χ1) is 13.2. The van der Waals surface area contributed by atoms with Gasteiger partial charge in [0.25, 0.3) is 5.91 Å². The number of aromatic nitrogens is 3. The van der Waals surface area contributed by atoms with E-state index < -0.39 is 0 Å². The zero-order chi connectivity index (χ0) is 18.6. The molecule has 1 amide bonds. The smallest absolute Gasteiger partial charge is 0.251 e. The van der Waals surface area contributed by atoms with Gasteiger partial charge in [-0.2, -0.15) is 5.10 Å². The number of nitrogens with zero attached hydrogens (tertiary/aromatic N) is 2. The molecule has 0 fully saturated rings. The Kier molecular flexibility index (Phi) is 4.97. The number of H-pyrrole nitrogens is 1. The van der Waals surface area contributed by atoms with Crippen molar-refractivity contribution in [3.63, 3.8) is 0 Å². The number of benzene rings is 2. The van der Waals surface area contributed by atoms with Crippen LogP contribution >= 0.6 is 11.8 Å². The van der Waals surface area contributed by atoms with E-state index in [-0.39, 0.29) is 18.7 Å². The van der Waals surface area contributed by atoms with E-state index in [0.29, 0.717) is 11.3 Å². The average Bonchev–Trinajstić information content (AvgIpc) is 3.37. The fourth-order valence-electron chi connectivity index (χ4n) is 2.71. The maximum atomic E-state index is 12.5. The lowest BCUT2D eigenvalue weighted by Crippen LogP contribution is -2.26. The molecule has 1 atom stereocenters. The summed E-state index contributed by atoms with van der Waals surface area (Å²) in [4.78, 5) is 16.6. The summed E-state index contributed by atoms with van der Waals surface area (Å²) in [5, 5.41) is 10.4. The van der Waals surface area contributed by atoms with Crippen LogP contribution < -0.4 is 14.8 Å². The number of hydrogen-bond donors (Lipinski definition) is 2. The lowest BCUT2D eigenvalue weighted by Gasteiger charge is -2.15. The van der Waals surface area contributed by atoms with Gasteiger partial charge in [0.1, 0.15) is 6.33 Å². The van der Waals surface area contributed by atoms with Crippen LogP contribution in [0.3, 0.4) is 0 Å². The number of fused-ring (bicyclic) bond motifs is 1. The van der Waals surface area contributed by atoms with Crippen LogP contribution in [0, 0.1) is 0 Å². The molecule has 0 aliphatic carbocycles.